The predicted molar refractivity (Wildman–Crippen MR) is 82.9 cm³/mol. The van der Waals surface area contributed by atoms with Crippen molar-refractivity contribution in [1.82, 2.24) is 4.98 Å². The first-order chi connectivity index (χ1) is 11.2. The van der Waals surface area contributed by atoms with Crippen LogP contribution < -0.4 is 0 Å². The van der Waals surface area contributed by atoms with Gasteiger partial charge in [-0.2, -0.15) is 15.8 Å². The highest BCUT2D eigenvalue weighted by molar-refractivity contribution is 6.02. The van der Waals surface area contributed by atoms with Crippen molar-refractivity contribution in [2.45, 2.75) is 24.7 Å². The molecule has 0 spiro atoms. The Morgan fingerprint density at radius 2 is 2.09 bits per heavy atom. The van der Waals surface area contributed by atoms with Gasteiger partial charge >= 0.3 is 0 Å². The van der Waals surface area contributed by atoms with Crippen molar-refractivity contribution in [3.63, 3.8) is 0 Å². The molecule has 2 aliphatic carbocycles. The highest BCUT2D eigenvalue weighted by Gasteiger charge is 2.57. The van der Waals surface area contributed by atoms with E-state index >= 15 is 0 Å². The van der Waals surface area contributed by atoms with Gasteiger partial charge in [0.15, 0.2) is 0 Å². The molecule has 1 aromatic rings. The summed E-state index contributed by atoms with van der Waals surface area (Å²) in [7, 11) is 0. The van der Waals surface area contributed by atoms with Crippen LogP contribution in [0, 0.1) is 57.2 Å². The number of nitriles is 3. The largest absolute Gasteiger partial charge is 0.306 e. The smallest absolute Gasteiger partial charge is 0.139 e. The number of nitrogens with zero attached hydrogens (tertiary/aromatic N) is 4. The third kappa shape index (κ3) is 1.96. The van der Waals surface area contributed by atoms with Gasteiger partial charge in [-0.05, 0) is 42.4 Å². The van der Waals surface area contributed by atoms with Crippen LogP contribution in [0.2, 0.25) is 0 Å². The molecule has 4 atom stereocenters. The average molecular weight is 301 g/mol. The van der Waals surface area contributed by atoms with Crippen molar-refractivity contribution >= 4 is 5.71 Å². The molecule has 0 aliphatic heterocycles. The van der Waals surface area contributed by atoms with Gasteiger partial charge in [0.2, 0.25) is 0 Å². The van der Waals surface area contributed by atoms with E-state index in [1.807, 2.05) is 6.08 Å². The maximum Gasteiger partial charge on any atom is 0.139 e. The third-order valence-corrected chi connectivity index (χ3v) is 5.00. The molecule has 112 valence electrons. The van der Waals surface area contributed by atoms with E-state index in [-0.39, 0.29) is 11.6 Å². The van der Waals surface area contributed by atoms with Gasteiger partial charge in [-0.1, -0.05) is 12.1 Å². The molecule has 0 bridgehead atoms. The lowest BCUT2D eigenvalue weighted by atomic mass is 9.53. The molecule has 1 saturated carbocycles. The molecule has 3 rings (SSSR count). The molecule has 1 fully saturated rings. The van der Waals surface area contributed by atoms with E-state index in [1.165, 1.54) is 6.20 Å². The number of hydrogen-bond acceptors (Lipinski definition) is 5. The molecular formula is C18H15N5. The Morgan fingerprint density at radius 1 is 1.26 bits per heavy atom. The summed E-state index contributed by atoms with van der Waals surface area (Å²) in [5.41, 5.74) is -0.0108. The van der Waals surface area contributed by atoms with Gasteiger partial charge in [0.25, 0.3) is 0 Å². The minimum Gasteiger partial charge on any atom is -0.306 e. The molecule has 1 heterocycles. The van der Waals surface area contributed by atoms with Crippen LogP contribution in [0.3, 0.4) is 0 Å². The van der Waals surface area contributed by atoms with E-state index in [4.69, 9.17) is 5.41 Å². The fourth-order valence-corrected chi connectivity index (χ4v) is 3.93. The zero-order valence-corrected chi connectivity index (χ0v) is 12.5. The Kier molecular flexibility index (Phi) is 3.68. The van der Waals surface area contributed by atoms with Crippen molar-refractivity contribution in [1.29, 1.82) is 21.2 Å². The van der Waals surface area contributed by atoms with Gasteiger partial charge in [-0.15, -0.1) is 0 Å². The molecule has 0 amide bonds. The Hall–Kier alpha value is -2.97. The number of aromatic nitrogens is 1. The molecule has 5 nitrogen and oxygen atoms in total. The summed E-state index contributed by atoms with van der Waals surface area (Å²) in [5, 5.41) is 38.0. The monoisotopic (exact) mass is 301 g/mol. The van der Waals surface area contributed by atoms with Crippen LogP contribution in [-0.4, -0.2) is 10.7 Å². The minimum atomic E-state index is -1.40. The van der Waals surface area contributed by atoms with Crippen LogP contribution in [0.25, 0.3) is 0 Å². The summed E-state index contributed by atoms with van der Waals surface area (Å²) in [5.74, 6) is -1.54. The number of hydrogen-bond donors (Lipinski definition) is 1. The van der Waals surface area contributed by atoms with Crippen LogP contribution in [0.15, 0.2) is 36.2 Å². The van der Waals surface area contributed by atoms with E-state index < -0.39 is 17.3 Å². The molecule has 0 radical (unpaired) electrons. The van der Waals surface area contributed by atoms with E-state index in [0.717, 1.165) is 24.8 Å². The van der Waals surface area contributed by atoms with Gasteiger partial charge in [-0.25, -0.2) is 0 Å². The van der Waals surface area contributed by atoms with Gasteiger partial charge in [-0.3, -0.25) is 4.98 Å². The zero-order chi connectivity index (χ0) is 16.4. The van der Waals surface area contributed by atoms with E-state index in [2.05, 4.69) is 23.2 Å². The SMILES string of the molecule is N#C[C@H]1C(=N)[C@@](C#N)(c2cccnc2)[C@@H](C#N)[C@@H]2CCCC=C12. The standard InChI is InChI=1S/C18H15N5/c19-8-15-13-5-1-2-6-14(13)16(9-20)18(11-21,17(15)22)12-4-3-7-23-10-12/h3-5,7,10,14-16,22H,1-2,6H2/t14-,15-,16+,18+/m1/s1. The topological polar surface area (TPSA) is 108 Å². The van der Waals surface area contributed by atoms with E-state index in [9.17, 15) is 15.8 Å². The Morgan fingerprint density at radius 3 is 2.70 bits per heavy atom. The van der Waals surface area contributed by atoms with Crippen LogP contribution >= 0.6 is 0 Å². The molecule has 0 saturated heterocycles. The van der Waals surface area contributed by atoms with Crippen molar-refractivity contribution < 1.29 is 0 Å². The van der Waals surface area contributed by atoms with Gasteiger partial charge < -0.3 is 5.41 Å². The molecule has 5 heteroatoms. The summed E-state index contributed by atoms with van der Waals surface area (Å²) in [6, 6.07) is 10.1. The maximum absolute atomic E-state index is 9.97. The van der Waals surface area contributed by atoms with Gasteiger partial charge in [0, 0.05) is 12.4 Å². The summed E-state index contributed by atoms with van der Waals surface area (Å²) < 4.78 is 0. The molecule has 23 heavy (non-hydrogen) atoms. The summed E-state index contributed by atoms with van der Waals surface area (Å²) in [4.78, 5) is 4.06. The third-order valence-electron chi connectivity index (χ3n) is 5.00. The molecule has 2 aliphatic rings. The summed E-state index contributed by atoms with van der Waals surface area (Å²) >= 11 is 0. The quantitative estimate of drug-likeness (QED) is 0.804. The van der Waals surface area contributed by atoms with Crippen molar-refractivity contribution in [2.75, 3.05) is 0 Å². The van der Waals surface area contributed by atoms with Crippen molar-refractivity contribution in [3.8, 4) is 18.2 Å². The second-order valence-corrected chi connectivity index (χ2v) is 5.99. The number of allylic oxidation sites excluding steroid dienone is 2. The molecule has 1 aromatic heterocycles. The summed E-state index contributed by atoms with van der Waals surface area (Å²) in [6.07, 6.45) is 7.70. The van der Waals surface area contributed by atoms with Crippen molar-refractivity contribution in [3.05, 3.63) is 41.7 Å². The first-order valence-corrected chi connectivity index (χ1v) is 7.60. The number of fused-ring (bicyclic) bond motifs is 1. The molecule has 0 aromatic carbocycles. The van der Waals surface area contributed by atoms with Gasteiger partial charge in [0.05, 0.1) is 29.8 Å². The van der Waals surface area contributed by atoms with Crippen LogP contribution in [0.5, 0.6) is 0 Å². The Labute approximate surface area is 135 Å². The second kappa shape index (κ2) is 5.67. The lowest BCUT2D eigenvalue weighted by Gasteiger charge is -2.45. The summed E-state index contributed by atoms with van der Waals surface area (Å²) in [6.45, 7) is 0. The minimum absolute atomic E-state index is 0.00597. The van der Waals surface area contributed by atoms with Crippen LogP contribution in [-0.2, 0) is 5.41 Å². The Bertz CT molecular complexity index is 789. The molecule has 0 unspecified atom stereocenters. The van der Waals surface area contributed by atoms with Crippen LogP contribution in [0.1, 0.15) is 24.8 Å². The highest BCUT2D eigenvalue weighted by atomic mass is 14.7. The number of nitrogens with one attached hydrogen (secondary N) is 1. The number of pyridine rings is 1. The number of rotatable bonds is 1. The second-order valence-electron chi connectivity index (χ2n) is 5.99. The normalized spacial score (nSPS) is 32.7. The lowest BCUT2D eigenvalue weighted by Crippen LogP contribution is -2.53. The predicted octanol–water partition coefficient (Wildman–Crippen LogP) is 2.88. The van der Waals surface area contributed by atoms with Gasteiger partial charge in [0.1, 0.15) is 11.3 Å². The lowest BCUT2D eigenvalue weighted by molar-refractivity contribution is 0.313. The maximum atomic E-state index is 9.97. The molecular weight excluding hydrogens is 286 g/mol. The van der Waals surface area contributed by atoms with Crippen molar-refractivity contribution in [2.24, 2.45) is 17.8 Å². The first-order valence-electron chi connectivity index (χ1n) is 7.60. The Balaban J connectivity index is 2.27. The highest BCUT2D eigenvalue weighted by Crippen LogP contribution is 2.51. The van der Waals surface area contributed by atoms with E-state index in [0.29, 0.717) is 5.56 Å². The van der Waals surface area contributed by atoms with E-state index in [1.54, 1.807) is 18.3 Å². The fraction of sp³-hybridized carbons (Fsp3) is 0.389. The zero-order valence-electron chi connectivity index (χ0n) is 12.5. The van der Waals surface area contributed by atoms with Crippen LogP contribution in [0.4, 0.5) is 0 Å². The average Bonchev–Trinajstić information content (AvgIpc) is 2.61. The fourth-order valence-electron chi connectivity index (χ4n) is 3.93. The molecule has 1 N–H and O–H groups in total. The first kappa shape index (κ1) is 14.9.